The first-order valence-electron chi connectivity index (χ1n) is 9.32. The van der Waals surface area contributed by atoms with Gasteiger partial charge in [-0.3, -0.25) is 9.59 Å². The van der Waals surface area contributed by atoms with Crippen molar-refractivity contribution in [1.82, 2.24) is 4.90 Å². The third kappa shape index (κ3) is 4.74. The lowest BCUT2D eigenvalue weighted by Crippen LogP contribution is -2.45. The number of benzene rings is 2. The molecule has 0 aromatic heterocycles. The fourth-order valence-electron chi connectivity index (χ4n) is 3.28. The summed E-state index contributed by atoms with van der Waals surface area (Å²) in [6.45, 7) is 1.52. The highest BCUT2D eigenvalue weighted by Crippen LogP contribution is 2.22. The molecule has 3 rings (SSSR count). The SMILES string of the molecule is CC(=O)[C@H](C/C=C/c1ccccc1)C(=O)N1C(=O)OC[C@@H]1Cc1ccccc1. The van der Waals surface area contributed by atoms with E-state index in [4.69, 9.17) is 4.74 Å². The molecule has 28 heavy (non-hydrogen) atoms. The number of amides is 2. The number of ether oxygens (including phenoxy) is 1. The summed E-state index contributed by atoms with van der Waals surface area (Å²) in [6.07, 6.45) is 3.73. The van der Waals surface area contributed by atoms with Crippen LogP contribution in [0.1, 0.15) is 24.5 Å². The molecule has 0 aliphatic carbocycles. The zero-order chi connectivity index (χ0) is 19.9. The average Bonchev–Trinajstić information content (AvgIpc) is 3.06. The maximum absolute atomic E-state index is 13.0. The van der Waals surface area contributed by atoms with Gasteiger partial charge in [-0.15, -0.1) is 0 Å². The van der Waals surface area contributed by atoms with Crippen molar-refractivity contribution in [3.05, 3.63) is 77.9 Å². The Bertz CT molecular complexity index is 861. The third-order valence-corrected chi connectivity index (χ3v) is 4.78. The molecule has 1 saturated heterocycles. The van der Waals surface area contributed by atoms with E-state index in [0.717, 1.165) is 16.0 Å². The molecule has 5 nitrogen and oxygen atoms in total. The number of allylic oxidation sites excluding steroid dienone is 1. The molecule has 1 aliphatic heterocycles. The van der Waals surface area contributed by atoms with Crippen molar-refractivity contribution in [2.24, 2.45) is 5.92 Å². The minimum absolute atomic E-state index is 0.143. The van der Waals surface area contributed by atoms with Crippen LogP contribution in [0.2, 0.25) is 0 Å². The second-order valence-corrected chi connectivity index (χ2v) is 6.84. The smallest absolute Gasteiger partial charge is 0.417 e. The number of cyclic esters (lactones) is 1. The number of imide groups is 1. The Balaban J connectivity index is 1.72. The first-order valence-corrected chi connectivity index (χ1v) is 9.32. The molecule has 1 heterocycles. The van der Waals surface area contributed by atoms with Gasteiger partial charge in [-0.1, -0.05) is 72.8 Å². The zero-order valence-corrected chi connectivity index (χ0v) is 15.8. The second-order valence-electron chi connectivity index (χ2n) is 6.84. The van der Waals surface area contributed by atoms with Gasteiger partial charge in [0.1, 0.15) is 18.3 Å². The molecule has 1 aliphatic rings. The van der Waals surface area contributed by atoms with Crippen molar-refractivity contribution < 1.29 is 19.1 Å². The van der Waals surface area contributed by atoms with Crippen molar-refractivity contribution in [3.8, 4) is 0 Å². The van der Waals surface area contributed by atoms with Crippen LogP contribution in [0.3, 0.4) is 0 Å². The van der Waals surface area contributed by atoms with E-state index in [-0.39, 0.29) is 18.8 Å². The lowest BCUT2D eigenvalue weighted by atomic mass is 9.97. The molecule has 0 unspecified atom stereocenters. The van der Waals surface area contributed by atoms with Crippen LogP contribution in [0, 0.1) is 5.92 Å². The van der Waals surface area contributed by atoms with E-state index in [9.17, 15) is 14.4 Å². The standard InChI is InChI=1S/C23H23NO4/c1-17(25)21(14-8-13-18-9-4-2-5-10-18)22(26)24-20(16-28-23(24)27)15-19-11-6-3-7-12-19/h2-13,20-21H,14-16H2,1H3/b13-8+/t20-,21-/m0/s1. The summed E-state index contributed by atoms with van der Waals surface area (Å²) in [5.74, 6) is -1.65. The van der Waals surface area contributed by atoms with Gasteiger partial charge in [-0.05, 0) is 30.9 Å². The summed E-state index contributed by atoms with van der Waals surface area (Å²) in [6, 6.07) is 18.8. The van der Waals surface area contributed by atoms with Gasteiger partial charge in [0.2, 0.25) is 5.91 Å². The van der Waals surface area contributed by atoms with E-state index >= 15 is 0 Å². The first-order chi connectivity index (χ1) is 13.6. The molecule has 1 fully saturated rings. The summed E-state index contributed by atoms with van der Waals surface area (Å²) in [4.78, 5) is 38.4. The van der Waals surface area contributed by atoms with Crippen LogP contribution in [0.15, 0.2) is 66.7 Å². The molecule has 2 aromatic carbocycles. The molecule has 0 radical (unpaired) electrons. The molecule has 0 N–H and O–H groups in total. The highest BCUT2D eigenvalue weighted by atomic mass is 16.6. The van der Waals surface area contributed by atoms with E-state index in [2.05, 4.69) is 0 Å². The molecule has 0 bridgehead atoms. The molecule has 2 aromatic rings. The number of ketones is 1. The van der Waals surface area contributed by atoms with Gasteiger partial charge >= 0.3 is 6.09 Å². The predicted molar refractivity (Wildman–Crippen MR) is 106 cm³/mol. The van der Waals surface area contributed by atoms with Gasteiger partial charge in [0.25, 0.3) is 0 Å². The number of carbonyl (C=O) groups excluding carboxylic acids is 3. The normalized spacial score (nSPS) is 17.5. The molecule has 0 spiro atoms. The molecule has 2 amide bonds. The van der Waals surface area contributed by atoms with E-state index in [0.29, 0.717) is 6.42 Å². The van der Waals surface area contributed by atoms with E-state index < -0.39 is 24.0 Å². The lowest BCUT2D eigenvalue weighted by molar-refractivity contribution is -0.138. The Labute approximate surface area is 164 Å². The van der Waals surface area contributed by atoms with Gasteiger partial charge < -0.3 is 4.74 Å². The number of nitrogens with zero attached hydrogens (tertiary/aromatic N) is 1. The Morgan fingerprint density at radius 3 is 2.39 bits per heavy atom. The summed E-state index contributed by atoms with van der Waals surface area (Å²) in [7, 11) is 0. The average molecular weight is 377 g/mol. The molecule has 5 heteroatoms. The Kier molecular flexibility index (Phi) is 6.37. The number of rotatable bonds is 7. The van der Waals surface area contributed by atoms with Gasteiger partial charge in [0.05, 0.1) is 6.04 Å². The maximum atomic E-state index is 13.0. The van der Waals surface area contributed by atoms with Crippen molar-refractivity contribution in [3.63, 3.8) is 0 Å². The van der Waals surface area contributed by atoms with E-state index in [1.165, 1.54) is 6.92 Å². The van der Waals surface area contributed by atoms with E-state index in [1.54, 1.807) is 6.08 Å². The van der Waals surface area contributed by atoms with Gasteiger partial charge in [-0.2, -0.15) is 0 Å². The Morgan fingerprint density at radius 1 is 1.11 bits per heavy atom. The van der Waals surface area contributed by atoms with Gasteiger partial charge in [-0.25, -0.2) is 9.69 Å². The zero-order valence-electron chi connectivity index (χ0n) is 15.8. The monoisotopic (exact) mass is 377 g/mol. The van der Waals surface area contributed by atoms with Crippen molar-refractivity contribution in [2.45, 2.75) is 25.8 Å². The fraction of sp³-hybridized carbons (Fsp3) is 0.261. The summed E-state index contributed by atoms with van der Waals surface area (Å²) in [5.41, 5.74) is 1.99. The Hall–Kier alpha value is -3.21. The quantitative estimate of drug-likeness (QED) is 0.687. The van der Waals surface area contributed by atoms with Gasteiger partial charge in [0.15, 0.2) is 0 Å². The fourth-order valence-corrected chi connectivity index (χ4v) is 3.28. The predicted octanol–water partition coefficient (Wildman–Crippen LogP) is 3.89. The van der Waals surface area contributed by atoms with Crippen LogP contribution in [0.4, 0.5) is 4.79 Å². The maximum Gasteiger partial charge on any atom is 0.417 e. The summed E-state index contributed by atoms with van der Waals surface area (Å²) < 4.78 is 5.11. The minimum Gasteiger partial charge on any atom is -0.447 e. The van der Waals surface area contributed by atoms with Crippen molar-refractivity contribution in [1.29, 1.82) is 0 Å². The third-order valence-electron chi connectivity index (χ3n) is 4.78. The van der Waals surface area contributed by atoms with Crippen LogP contribution in [-0.2, 0) is 20.7 Å². The first kappa shape index (κ1) is 19.5. The molecule has 0 saturated carbocycles. The van der Waals surface area contributed by atoms with Gasteiger partial charge in [0, 0.05) is 0 Å². The van der Waals surface area contributed by atoms with Crippen molar-refractivity contribution in [2.75, 3.05) is 6.61 Å². The molecular weight excluding hydrogens is 354 g/mol. The molecular formula is C23H23NO4. The minimum atomic E-state index is -0.899. The van der Waals surface area contributed by atoms with Crippen LogP contribution < -0.4 is 0 Å². The van der Waals surface area contributed by atoms with Crippen LogP contribution >= 0.6 is 0 Å². The highest BCUT2D eigenvalue weighted by Gasteiger charge is 2.41. The van der Waals surface area contributed by atoms with Crippen LogP contribution in [0.25, 0.3) is 6.08 Å². The molecule has 2 atom stereocenters. The number of hydrogen-bond donors (Lipinski definition) is 0. The molecule has 144 valence electrons. The number of Topliss-reactive ketones (excluding diaryl/α,β-unsaturated/α-hetero) is 1. The topological polar surface area (TPSA) is 63.7 Å². The van der Waals surface area contributed by atoms with Crippen LogP contribution in [0.5, 0.6) is 0 Å². The lowest BCUT2D eigenvalue weighted by Gasteiger charge is -2.23. The largest absolute Gasteiger partial charge is 0.447 e. The number of hydrogen-bond acceptors (Lipinski definition) is 4. The Morgan fingerprint density at radius 2 is 1.75 bits per heavy atom. The number of carbonyl (C=O) groups is 3. The second kappa shape index (κ2) is 9.13. The van der Waals surface area contributed by atoms with Crippen molar-refractivity contribution >= 4 is 23.9 Å². The highest BCUT2D eigenvalue weighted by molar-refractivity contribution is 6.06. The summed E-state index contributed by atoms with van der Waals surface area (Å²) in [5, 5.41) is 0. The van der Waals surface area contributed by atoms with E-state index in [1.807, 2.05) is 66.7 Å². The summed E-state index contributed by atoms with van der Waals surface area (Å²) >= 11 is 0. The van der Waals surface area contributed by atoms with Crippen LogP contribution in [-0.4, -0.2) is 35.3 Å².